The lowest BCUT2D eigenvalue weighted by molar-refractivity contribution is -0.138. The first-order valence-corrected chi connectivity index (χ1v) is 5.74. The number of rotatable bonds is 2. The van der Waals surface area contributed by atoms with Gasteiger partial charge in [-0.15, -0.1) is 0 Å². The van der Waals surface area contributed by atoms with Gasteiger partial charge in [-0.1, -0.05) is 12.2 Å². The van der Waals surface area contributed by atoms with E-state index in [0.29, 0.717) is 18.8 Å². The molecular formula is C13H12F3NO2. The molecular weight excluding hydrogens is 259 g/mol. The highest BCUT2D eigenvalue weighted by Crippen LogP contribution is 2.34. The van der Waals surface area contributed by atoms with Crippen LogP contribution in [-0.2, 0) is 6.18 Å². The second kappa shape index (κ2) is 4.95. The summed E-state index contributed by atoms with van der Waals surface area (Å²) in [5.74, 6) is -1.57. The first kappa shape index (κ1) is 13.5. The molecule has 19 heavy (non-hydrogen) atoms. The second-order valence-electron chi connectivity index (χ2n) is 4.24. The van der Waals surface area contributed by atoms with Crippen LogP contribution in [0.3, 0.4) is 0 Å². The van der Waals surface area contributed by atoms with Crippen molar-refractivity contribution in [1.29, 1.82) is 0 Å². The van der Waals surface area contributed by atoms with Crippen LogP contribution in [0.5, 0.6) is 0 Å². The van der Waals surface area contributed by atoms with E-state index in [9.17, 15) is 18.0 Å². The number of hydrogen-bond donors (Lipinski definition) is 1. The van der Waals surface area contributed by atoms with Crippen LogP contribution in [0.2, 0.25) is 0 Å². The van der Waals surface area contributed by atoms with E-state index in [1.54, 1.807) is 0 Å². The van der Waals surface area contributed by atoms with Crippen LogP contribution in [0.1, 0.15) is 22.3 Å². The molecule has 0 atom stereocenters. The van der Waals surface area contributed by atoms with Crippen molar-refractivity contribution in [1.82, 2.24) is 0 Å². The fraction of sp³-hybridized carbons (Fsp3) is 0.308. The summed E-state index contributed by atoms with van der Waals surface area (Å²) < 4.78 is 38.1. The molecule has 0 amide bonds. The van der Waals surface area contributed by atoms with Crippen LogP contribution in [-0.4, -0.2) is 24.2 Å². The Kier molecular flexibility index (Phi) is 3.50. The number of alkyl halides is 3. The van der Waals surface area contributed by atoms with Gasteiger partial charge in [-0.3, -0.25) is 0 Å². The molecule has 1 aromatic rings. The molecule has 3 nitrogen and oxygen atoms in total. The Hall–Kier alpha value is -1.98. The van der Waals surface area contributed by atoms with Gasteiger partial charge in [-0.05, 0) is 24.6 Å². The van der Waals surface area contributed by atoms with Gasteiger partial charge >= 0.3 is 12.1 Å². The molecule has 1 N–H and O–H groups in total. The SMILES string of the molecule is O=C(O)c1cc(N2CC=CCC2)ccc1C(F)(F)F. The zero-order valence-corrected chi connectivity index (χ0v) is 9.94. The Morgan fingerprint density at radius 2 is 2.00 bits per heavy atom. The van der Waals surface area contributed by atoms with E-state index < -0.39 is 23.3 Å². The van der Waals surface area contributed by atoms with Crippen molar-refractivity contribution in [2.45, 2.75) is 12.6 Å². The first-order valence-electron chi connectivity index (χ1n) is 5.74. The number of nitrogens with zero attached hydrogens (tertiary/aromatic N) is 1. The molecule has 1 aliphatic rings. The van der Waals surface area contributed by atoms with Gasteiger partial charge in [0, 0.05) is 18.8 Å². The van der Waals surface area contributed by atoms with Gasteiger partial charge in [0.05, 0.1) is 11.1 Å². The third-order valence-corrected chi connectivity index (χ3v) is 2.96. The molecule has 1 aromatic carbocycles. The lowest BCUT2D eigenvalue weighted by Gasteiger charge is -2.26. The molecule has 0 aromatic heterocycles. The zero-order chi connectivity index (χ0) is 14.0. The number of carbonyl (C=O) groups is 1. The van der Waals surface area contributed by atoms with E-state index in [4.69, 9.17) is 5.11 Å². The number of benzene rings is 1. The summed E-state index contributed by atoms with van der Waals surface area (Å²) in [7, 11) is 0. The molecule has 0 radical (unpaired) electrons. The maximum Gasteiger partial charge on any atom is 0.417 e. The Morgan fingerprint density at radius 1 is 1.26 bits per heavy atom. The van der Waals surface area contributed by atoms with Crippen molar-refractivity contribution >= 4 is 11.7 Å². The van der Waals surface area contributed by atoms with Crippen LogP contribution >= 0.6 is 0 Å². The highest BCUT2D eigenvalue weighted by Gasteiger charge is 2.35. The van der Waals surface area contributed by atoms with Crippen molar-refractivity contribution in [3.8, 4) is 0 Å². The standard InChI is InChI=1S/C13H12F3NO2/c14-13(15,16)11-5-4-9(8-10(11)12(18)19)17-6-2-1-3-7-17/h1-2,4-5,8H,3,6-7H2,(H,18,19). The smallest absolute Gasteiger partial charge is 0.417 e. The van der Waals surface area contributed by atoms with Gasteiger partial charge in [-0.25, -0.2) is 4.79 Å². The molecule has 1 aliphatic heterocycles. The number of anilines is 1. The minimum Gasteiger partial charge on any atom is -0.478 e. The molecule has 0 unspecified atom stereocenters. The molecule has 102 valence electrons. The number of halogens is 3. The van der Waals surface area contributed by atoms with Gasteiger partial charge < -0.3 is 10.0 Å². The van der Waals surface area contributed by atoms with Crippen molar-refractivity contribution in [3.05, 3.63) is 41.5 Å². The van der Waals surface area contributed by atoms with Crippen LogP contribution in [0, 0.1) is 0 Å². The van der Waals surface area contributed by atoms with Gasteiger partial charge in [0.15, 0.2) is 0 Å². The summed E-state index contributed by atoms with van der Waals surface area (Å²) >= 11 is 0. The monoisotopic (exact) mass is 271 g/mol. The molecule has 0 aliphatic carbocycles. The van der Waals surface area contributed by atoms with E-state index >= 15 is 0 Å². The average molecular weight is 271 g/mol. The third kappa shape index (κ3) is 2.89. The molecule has 0 fully saturated rings. The summed E-state index contributed by atoms with van der Waals surface area (Å²) in [5, 5.41) is 8.92. The minimum atomic E-state index is -4.66. The van der Waals surface area contributed by atoms with E-state index in [0.717, 1.165) is 18.6 Å². The minimum absolute atomic E-state index is 0.495. The number of carboxylic acids is 1. The molecule has 6 heteroatoms. The predicted octanol–water partition coefficient (Wildman–Crippen LogP) is 3.17. The topological polar surface area (TPSA) is 40.5 Å². The first-order chi connectivity index (χ1) is 8.89. The second-order valence-corrected chi connectivity index (χ2v) is 4.24. The lowest BCUT2D eigenvalue weighted by Crippen LogP contribution is -2.27. The number of aromatic carboxylic acids is 1. The van der Waals surface area contributed by atoms with E-state index in [-0.39, 0.29) is 0 Å². The summed E-state index contributed by atoms with van der Waals surface area (Å²) in [6, 6.07) is 3.23. The number of hydrogen-bond acceptors (Lipinski definition) is 2. The zero-order valence-electron chi connectivity index (χ0n) is 9.94. The van der Waals surface area contributed by atoms with Crippen LogP contribution in [0.25, 0.3) is 0 Å². The molecule has 0 spiro atoms. The van der Waals surface area contributed by atoms with Crippen LogP contribution < -0.4 is 4.90 Å². The lowest BCUT2D eigenvalue weighted by atomic mass is 10.0. The quantitative estimate of drug-likeness (QED) is 0.840. The van der Waals surface area contributed by atoms with Gasteiger partial charge in [0.2, 0.25) is 0 Å². The predicted molar refractivity (Wildman–Crippen MR) is 64.4 cm³/mol. The van der Waals surface area contributed by atoms with Gasteiger partial charge in [0.1, 0.15) is 0 Å². The Labute approximate surface area is 108 Å². The molecule has 0 saturated heterocycles. The Balaban J connectivity index is 2.42. The molecule has 0 bridgehead atoms. The highest BCUT2D eigenvalue weighted by molar-refractivity contribution is 5.91. The van der Waals surface area contributed by atoms with Crippen molar-refractivity contribution < 1.29 is 23.1 Å². The Bertz CT molecular complexity index is 523. The normalized spacial score (nSPS) is 15.6. The third-order valence-electron chi connectivity index (χ3n) is 2.96. The van der Waals surface area contributed by atoms with Gasteiger partial charge in [-0.2, -0.15) is 13.2 Å². The van der Waals surface area contributed by atoms with Crippen LogP contribution in [0.4, 0.5) is 18.9 Å². The van der Waals surface area contributed by atoms with Crippen molar-refractivity contribution in [2.75, 3.05) is 18.0 Å². The number of carboxylic acid groups (broad SMARTS) is 1. The average Bonchev–Trinajstić information content (AvgIpc) is 2.38. The van der Waals surface area contributed by atoms with E-state index in [2.05, 4.69) is 0 Å². The molecule has 2 rings (SSSR count). The summed E-state index contributed by atoms with van der Waals surface area (Å²) in [6.07, 6.45) is 0.0256. The molecule has 1 heterocycles. The summed E-state index contributed by atoms with van der Waals surface area (Å²) in [4.78, 5) is 12.8. The van der Waals surface area contributed by atoms with Gasteiger partial charge in [0.25, 0.3) is 0 Å². The van der Waals surface area contributed by atoms with E-state index in [1.165, 1.54) is 6.07 Å². The maximum absolute atomic E-state index is 12.7. The largest absolute Gasteiger partial charge is 0.478 e. The fourth-order valence-electron chi connectivity index (χ4n) is 2.03. The van der Waals surface area contributed by atoms with Crippen molar-refractivity contribution in [2.24, 2.45) is 0 Å². The molecule has 0 saturated carbocycles. The Morgan fingerprint density at radius 3 is 2.53 bits per heavy atom. The van der Waals surface area contributed by atoms with E-state index in [1.807, 2.05) is 17.1 Å². The van der Waals surface area contributed by atoms with Crippen molar-refractivity contribution in [3.63, 3.8) is 0 Å². The summed E-state index contributed by atoms with van der Waals surface area (Å²) in [5.41, 5.74) is -1.33. The van der Waals surface area contributed by atoms with Crippen LogP contribution in [0.15, 0.2) is 30.4 Å². The summed E-state index contributed by atoms with van der Waals surface area (Å²) in [6.45, 7) is 1.24. The fourth-order valence-corrected chi connectivity index (χ4v) is 2.03. The highest BCUT2D eigenvalue weighted by atomic mass is 19.4. The maximum atomic E-state index is 12.7.